The first kappa shape index (κ1) is 32.5. The molecule has 2 aliphatic rings. The summed E-state index contributed by atoms with van der Waals surface area (Å²) in [4.78, 5) is 46.7. The summed E-state index contributed by atoms with van der Waals surface area (Å²) in [6, 6.07) is 3.44. The molecule has 1 aromatic carbocycles. The zero-order valence-electron chi connectivity index (χ0n) is 25.4. The maximum Gasteiger partial charge on any atom is 0.263 e. The number of unbranched alkanes of at least 4 members (excludes halogenated alkanes) is 3. The third-order valence-corrected chi connectivity index (χ3v) is 7.96. The Balaban J connectivity index is 2.11. The lowest BCUT2D eigenvalue weighted by molar-refractivity contribution is 0.189. The van der Waals surface area contributed by atoms with Crippen LogP contribution in [0.1, 0.15) is 50.5 Å². The molecule has 11 nitrogen and oxygen atoms in total. The molecule has 0 atom stereocenters. The summed E-state index contributed by atoms with van der Waals surface area (Å²) >= 11 is 0. The van der Waals surface area contributed by atoms with Crippen LogP contribution >= 0.6 is 0 Å². The van der Waals surface area contributed by atoms with Gasteiger partial charge in [0.15, 0.2) is 0 Å². The fourth-order valence-corrected chi connectivity index (χ4v) is 5.86. The van der Waals surface area contributed by atoms with Gasteiger partial charge in [0, 0.05) is 83.7 Å². The van der Waals surface area contributed by atoms with Crippen molar-refractivity contribution in [1.82, 2.24) is 9.13 Å². The van der Waals surface area contributed by atoms with Crippen LogP contribution < -0.4 is 22.0 Å². The summed E-state index contributed by atoms with van der Waals surface area (Å²) in [6.45, 7) is 2.29. The summed E-state index contributed by atoms with van der Waals surface area (Å²) in [5.74, 6) is -0.202. The number of methoxy groups -OCH3 is 3. The molecular formula is C32H43N3O8. The number of aromatic nitrogens is 2. The standard InChI is InChI=1S/C32H43N3O8/c1-41-16-8-5-11-21-19-22-27-26-23(30(38)34(13-9-17-42-2)31(39)25(21)26)20-24(33-12-6-4-7-15-36)28(27)32(40)35(29(22)37)14-10-18-43-3/h19-20,36-37H,4-18H2,1-3H3. The lowest BCUT2D eigenvalue weighted by Crippen LogP contribution is -2.37. The van der Waals surface area contributed by atoms with Crippen LogP contribution in [0, 0.1) is 0 Å². The van der Waals surface area contributed by atoms with Crippen molar-refractivity contribution in [1.29, 1.82) is 0 Å². The minimum atomic E-state index is -0.450. The van der Waals surface area contributed by atoms with E-state index in [2.05, 4.69) is 0 Å². The van der Waals surface area contributed by atoms with Crippen molar-refractivity contribution >= 4 is 21.5 Å². The van der Waals surface area contributed by atoms with Crippen LogP contribution in [-0.4, -0.2) is 73.6 Å². The molecule has 11 heteroatoms. The van der Waals surface area contributed by atoms with Crippen LogP contribution in [0.2, 0.25) is 0 Å². The number of hydrogen-bond donors (Lipinski definition) is 2. The highest BCUT2D eigenvalue weighted by Crippen LogP contribution is 2.39. The first-order chi connectivity index (χ1) is 20.9. The van der Waals surface area contributed by atoms with Crippen LogP contribution in [0.25, 0.3) is 32.7 Å². The molecule has 43 heavy (non-hydrogen) atoms. The molecular weight excluding hydrogens is 554 g/mol. The van der Waals surface area contributed by atoms with Crippen LogP contribution in [0.5, 0.6) is 5.88 Å². The van der Waals surface area contributed by atoms with Gasteiger partial charge in [-0.15, -0.1) is 0 Å². The molecule has 2 N–H and O–H groups in total. The second-order valence-electron chi connectivity index (χ2n) is 10.9. The molecule has 0 spiro atoms. The van der Waals surface area contributed by atoms with E-state index in [-0.39, 0.29) is 31.0 Å². The summed E-state index contributed by atoms with van der Waals surface area (Å²) < 4.78 is 18.2. The number of aliphatic hydroxyl groups is 1. The predicted molar refractivity (Wildman–Crippen MR) is 166 cm³/mol. The Morgan fingerprint density at radius 3 is 2.05 bits per heavy atom. The molecule has 0 radical (unpaired) electrons. The molecule has 0 unspecified atom stereocenters. The van der Waals surface area contributed by atoms with Gasteiger partial charge in [-0.25, -0.2) is 0 Å². The van der Waals surface area contributed by atoms with Gasteiger partial charge < -0.3 is 24.4 Å². The van der Waals surface area contributed by atoms with E-state index in [1.165, 1.54) is 9.13 Å². The van der Waals surface area contributed by atoms with E-state index in [9.17, 15) is 19.5 Å². The van der Waals surface area contributed by atoms with E-state index in [0.717, 1.165) is 19.3 Å². The topological polar surface area (TPSA) is 142 Å². The molecule has 1 aliphatic carbocycles. The van der Waals surface area contributed by atoms with Crippen molar-refractivity contribution in [3.63, 3.8) is 0 Å². The SMILES string of the molecule is COCCCCc1cc2c(O)n(CCCOC)c(=O)c3c(=NCCCCCO)cc4c(=O)n(CCCOC)c(=O)c1c-4c23. The van der Waals surface area contributed by atoms with Crippen molar-refractivity contribution in [2.45, 2.75) is 64.5 Å². The number of rotatable bonds is 18. The van der Waals surface area contributed by atoms with E-state index in [0.29, 0.717) is 96.7 Å². The predicted octanol–water partition coefficient (Wildman–Crippen LogP) is 2.47. The Morgan fingerprint density at radius 2 is 1.37 bits per heavy atom. The van der Waals surface area contributed by atoms with E-state index in [1.54, 1.807) is 33.5 Å². The second kappa shape index (κ2) is 15.4. The number of hydrogen-bond acceptors (Lipinski definition) is 9. The molecule has 0 bridgehead atoms. The number of aliphatic hydroxyl groups excluding tert-OH is 1. The molecule has 0 saturated heterocycles. The van der Waals surface area contributed by atoms with Crippen molar-refractivity contribution in [3.05, 3.63) is 54.1 Å². The van der Waals surface area contributed by atoms with E-state index in [1.807, 2.05) is 0 Å². The Morgan fingerprint density at radius 1 is 0.721 bits per heavy atom. The van der Waals surface area contributed by atoms with Gasteiger partial charge in [0.1, 0.15) is 0 Å². The van der Waals surface area contributed by atoms with Gasteiger partial charge >= 0.3 is 0 Å². The minimum Gasteiger partial charge on any atom is -0.494 e. The molecule has 2 aromatic rings. The largest absolute Gasteiger partial charge is 0.494 e. The molecule has 1 aromatic heterocycles. The van der Waals surface area contributed by atoms with Gasteiger partial charge in [0.05, 0.1) is 21.7 Å². The van der Waals surface area contributed by atoms with Crippen LogP contribution in [-0.2, 0) is 33.7 Å². The summed E-state index contributed by atoms with van der Waals surface area (Å²) in [5, 5.41) is 22.5. The first-order valence-electron chi connectivity index (χ1n) is 15.1. The normalized spacial score (nSPS) is 12.5. The Labute approximate surface area is 250 Å². The third kappa shape index (κ3) is 6.75. The average Bonchev–Trinajstić information content (AvgIpc) is 3.00. The molecule has 234 valence electrons. The number of nitrogens with zero attached hydrogens (tertiary/aromatic N) is 3. The highest BCUT2D eigenvalue weighted by molar-refractivity contribution is 6.16. The molecule has 0 saturated carbocycles. The fourth-order valence-electron chi connectivity index (χ4n) is 5.86. The number of pyridine rings is 2. The Kier molecular flexibility index (Phi) is 11.6. The van der Waals surface area contributed by atoms with Crippen LogP contribution in [0.4, 0.5) is 0 Å². The zero-order valence-corrected chi connectivity index (χ0v) is 25.4. The summed E-state index contributed by atoms with van der Waals surface area (Å²) in [7, 11) is 4.79. The molecule has 0 fully saturated rings. The van der Waals surface area contributed by atoms with Gasteiger partial charge in [-0.1, -0.05) is 0 Å². The highest BCUT2D eigenvalue weighted by atomic mass is 16.5. The molecule has 0 amide bonds. The number of benzene rings is 2. The highest BCUT2D eigenvalue weighted by Gasteiger charge is 2.28. The summed E-state index contributed by atoms with van der Waals surface area (Å²) in [5.41, 5.74) is 0.135. The zero-order chi connectivity index (χ0) is 30.9. The average molecular weight is 598 g/mol. The van der Waals surface area contributed by atoms with Gasteiger partial charge in [-0.05, 0) is 69.1 Å². The van der Waals surface area contributed by atoms with Crippen LogP contribution in [0.3, 0.4) is 0 Å². The van der Waals surface area contributed by atoms with E-state index in [4.69, 9.17) is 24.3 Å². The van der Waals surface area contributed by atoms with Gasteiger partial charge in [-0.3, -0.25) is 28.5 Å². The quantitative estimate of drug-likeness (QED) is 0.132. The minimum absolute atomic E-state index is 0.0940. The van der Waals surface area contributed by atoms with Gasteiger partial charge in [-0.2, -0.15) is 0 Å². The molecule has 2 heterocycles. The number of aromatic hydroxyl groups is 1. The first-order valence-corrected chi connectivity index (χ1v) is 15.1. The molecule has 4 rings (SSSR count). The van der Waals surface area contributed by atoms with Crippen molar-refractivity contribution in [3.8, 4) is 17.0 Å². The van der Waals surface area contributed by atoms with E-state index >= 15 is 0 Å². The Hall–Kier alpha value is -3.38. The number of ether oxygens (including phenoxy) is 3. The fraction of sp³-hybridized carbons (Fsp3) is 0.562. The lowest BCUT2D eigenvalue weighted by Gasteiger charge is -2.22. The summed E-state index contributed by atoms with van der Waals surface area (Å²) in [6.07, 6.45) is 5.15. The van der Waals surface area contributed by atoms with Crippen molar-refractivity contribution in [2.24, 2.45) is 4.99 Å². The van der Waals surface area contributed by atoms with Gasteiger partial charge in [0.2, 0.25) is 5.88 Å². The third-order valence-electron chi connectivity index (χ3n) is 7.96. The van der Waals surface area contributed by atoms with E-state index < -0.39 is 16.7 Å². The second-order valence-corrected chi connectivity index (χ2v) is 10.9. The smallest absolute Gasteiger partial charge is 0.263 e. The van der Waals surface area contributed by atoms with Crippen molar-refractivity contribution < 1.29 is 24.4 Å². The van der Waals surface area contributed by atoms with Gasteiger partial charge in [0.25, 0.3) is 16.7 Å². The molecule has 1 aliphatic heterocycles. The maximum atomic E-state index is 14.0. The lowest BCUT2D eigenvalue weighted by atomic mass is 9.86. The Bertz CT molecular complexity index is 1710. The monoisotopic (exact) mass is 597 g/mol. The van der Waals surface area contributed by atoms with Crippen LogP contribution in [0.15, 0.2) is 31.5 Å². The number of aryl methyl sites for hydroxylation is 1. The van der Waals surface area contributed by atoms with Crippen molar-refractivity contribution in [2.75, 3.05) is 54.3 Å². The maximum absolute atomic E-state index is 14.0.